The number of esters is 1. The minimum absolute atomic E-state index is 0.210. The van der Waals surface area contributed by atoms with Crippen LogP contribution in [0.4, 0.5) is 5.69 Å². The van der Waals surface area contributed by atoms with Crippen molar-refractivity contribution in [3.05, 3.63) is 48.9 Å². The van der Waals surface area contributed by atoms with Gasteiger partial charge >= 0.3 is 12.6 Å². The van der Waals surface area contributed by atoms with Gasteiger partial charge in [0.05, 0.1) is 25.2 Å². The van der Waals surface area contributed by atoms with Crippen molar-refractivity contribution < 1.29 is 33.5 Å². The highest BCUT2D eigenvalue weighted by atomic mass is 32.5. The Balaban J connectivity index is 1.51. The summed E-state index contributed by atoms with van der Waals surface area (Å²) in [6, 6.07) is 9.56. The van der Waals surface area contributed by atoms with Crippen LogP contribution in [-0.4, -0.2) is 67.8 Å². The Morgan fingerprint density at radius 2 is 2.00 bits per heavy atom. The number of fused-ring (bicyclic) bond motifs is 1. The lowest BCUT2D eigenvalue weighted by atomic mass is 9.96. The summed E-state index contributed by atoms with van der Waals surface area (Å²) in [5.74, 6) is -0.0804. The highest BCUT2D eigenvalue weighted by molar-refractivity contribution is 8.09. The minimum Gasteiger partial charge on any atom is -0.464 e. The highest BCUT2D eigenvalue weighted by Crippen LogP contribution is 2.47. The van der Waals surface area contributed by atoms with E-state index in [0.29, 0.717) is 22.6 Å². The summed E-state index contributed by atoms with van der Waals surface area (Å²) in [6.45, 7) is 5.49. The molecular weight excluding hydrogens is 557 g/mol. The van der Waals surface area contributed by atoms with E-state index in [2.05, 4.69) is 15.1 Å². The number of aliphatic hydroxyl groups is 2. The number of nitrogens with one attached hydrogen (secondary N) is 1. The monoisotopic (exact) mass is 593 g/mol. The molecule has 3 heterocycles. The summed E-state index contributed by atoms with van der Waals surface area (Å²) < 4.78 is 25.1. The number of aromatic nitrogens is 3. The smallest absolute Gasteiger partial charge is 0.323 e. The summed E-state index contributed by atoms with van der Waals surface area (Å²) in [7, 11) is 0. The number of carbonyl (C=O) groups is 1. The summed E-state index contributed by atoms with van der Waals surface area (Å²) in [5.41, 5.74) is 5.30. The molecule has 4 rings (SSSR count). The van der Waals surface area contributed by atoms with Crippen LogP contribution in [0, 0.1) is 5.41 Å². The minimum atomic E-state index is -3.40. The number of rotatable bonds is 10. The van der Waals surface area contributed by atoms with Crippen molar-refractivity contribution in [1.29, 1.82) is 0 Å². The molecule has 1 saturated heterocycles. The molecule has 14 heteroatoms. The van der Waals surface area contributed by atoms with Gasteiger partial charge in [0.15, 0.2) is 11.9 Å². The maximum atomic E-state index is 12.7. The maximum absolute atomic E-state index is 12.7. The maximum Gasteiger partial charge on any atom is 0.323 e. The zero-order valence-corrected chi connectivity index (χ0v) is 24.8. The lowest BCUT2D eigenvalue weighted by molar-refractivity contribution is -0.148. The average Bonchev–Trinajstić information content (AvgIpc) is 3.40. The van der Waals surface area contributed by atoms with E-state index in [4.69, 9.17) is 36.1 Å². The second kappa shape index (κ2) is 11.7. The molecular formula is C26H36N5O7PS. The fraction of sp³-hybridized carbons (Fsp3) is 0.500. The number of imidazole rings is 1. The van der Waals surface area contributed by atoms with Gasteiger partial charge in [-0.25, -0.2) is 15.1 Å². The number of carbonyl (C=O) groups excluding carboxylic acids is 1. The number of aliphatic hydroxyl groups excluding tert-OH is 1. The SMILES string of the molecule is CC(NP(=S)(OC[C@H]1O[C@@H](n2cnc3c(N)ccnc32)[C@](C)(O)[C@@H]1O)Oc1ccccc1)C(=O)OCC(C)(C)C. The molecule has 1 aliphatic heterocycles. The van der Waals surface area contributed by atoms with Crippen LogP contribution in [0.15, 0.2) is 48.9 Å². The number of nitrogens with two attached hydrogens (primary N) is 1. The van der Waals surface area contributed by atoms with Crippen molar-refractivity contribution in [3.63, 3.8) is 0 Å². The average molecular weight is 594 g/mol. The van der Waals surface area contributed by atoms with Gasteiger partial charge < -0.3 is 34.5 Å². The van der Waals surface area contributed by atoms with Gasteiger partial charge in [-0.05, 0) is 49.3 Å². The molecule has 3 aromatic rings. The molecule has 5 N–H and O–H groups in total. The molecule has 12 nitrogen and oxygen atoms in total. The van der Waals surface area contributed by atoms with Crippen LogP contribution in [0.3, 0.4) is 0 Å². The summed E-state index contributed by atoms with van der Waals surface area (Å²) in [4.78, 5) is 21.3. The number of nitrogens with zero attached hydrogens (tertiary/aromatic N) is 3. The first kappa shape index (κ1) is 30.3. The van der Waals surface area contributed by atoms with Crippen molar-refractivity contribution in [1.82, 2.24) is 19.6 Å². The number of nitrogen functional groups attached to an aromatic ring is 1. The summed E-state index contributed by atoms with van der Waals surface area (Å²) in [6.07, 6.45) is -0.469. The van der Waals surface area contributed by atoms with E-state index in [1.807, 2.05) is 26.8 Å². The Labute approximate surface area is 238 Å². The van der Waals surface area contributed by atoms with Crippen LogP contribution in [0.25, 0.3) is 11.2 Å². The predicted molar refractivity (Wildman–Crippen MR) is 153 cm³/mol. The third-order valence-corrected chi connectivity index (χ3v) is 8.73. The third-order valence-electron chi connectivity index (χ3n) is 6.23. The van der Waals surface area contributed by atoms with Gasteiger partial charge in [0.2, 0.25) is 0 Å². The van der Waals surface area contributed by atoms with Crippen molar-refractivity contribution in [2.45, 2.75) is 64.7 Å². The van der Waals surface area contributed by atoms with Crippen molar-refractivity contribution in [2.24, 2.45) is 5.41 Å². The van der Waals surface area contributed by atoms with E-state index in [0.717, 1.165) is 0 Å². The Morgan fingerprint density at radius 3 is 2.67 bits per heavy atom. The van der Waals surface area contributed by atoms with Crippen LogP contribution in [0.1, 0.15) is 40.8 Å². The molecule has 1 aromatic carbocycles. The zero-order valence-electron chi connectivity index (χ0n) is 23.1. The fourth-order valence-electron chi connectivity index (χ4n) is 4.09. The first-order valence-corrected chi connectivity index (χ1v) is 15.4. The standard InChI is InChI=1S/C26H36N5O7PS/c1-16(23(33)35-14-25(2,3)4)30-39(40,38-17-9-7-6-8-10-17)36-13-19-21(32)26(5,34)24(37-19)31-15-29-20-18(27)11-12-28-22(20)31/h6-12,15-16,19,21,24,32,34H,13-14H2,1-5H3,(H2,27,28)(H,30,40)/t16?,19-,21-,24-,26-,39?/m1/s1. The number of pyridine rings is 1. The van der Waals surface area contributed by atoms with Crippen LogP contribution in [-0.2, 0) is 30.6 Å². The van der Waals surface area contributed by atoms with Gasteiger partial charge in [0, 0.05) is 6.20 Å². The van der Waals surface area contributed by atoms with Crippen molar-refractivity contribution in [2.75, 3.05) is 18.9 Å². The van der Waals surface area contributed by atoms with E-state index in [1.54, 1.807) is 37.3 Å². The van der Waals surface area contributed by atoms with E-state index >= 15 is 0 Å². The number of hydrogen-bond acceptors (Lipinski definition) is 11. The molecule has 1 fully saturated rings. The van der Waals surface area contributed by atoms with Crippen LogP contribution in [0.2, 0.25) is 0 Å². The van der Waals surface area contributed by atoms with Gasteiger partial charge in [-0.3, -0.25) is 9.36 Å². The van der Waals surface area contributed by atoms with Gasteiger partial charge in [0.1, 0.15) is 35.1 Å². The lowest BCUT2D eigenvalue weighted by Gasteiger charge is -2.29. The topological polar surface area (TPSA) is 163 Å². The molecule has 0 radical (unpaired) electrons. The molecule has 6 atom stereocenters. The number of ether oxygens (including phenoxy) is 2. The summed E-state index contributed by atoms with van der Waals surface area (Å²) >= 11 is 5.76. The molecule has 0 spiro atoms. The second-order valence-corrected chi connectivity index (χ2v) is 14.3. The number of benzene rings is 1. The molecule has 0 bridgehead atoms. The Bertz CT molecular complexity index is 1380. The van der Waals surface area contributed by atoms with Gasteiger partial charge in [-0.2, -0.15) is 0 Å². The number of anilines is 1. The second-order valence-electron chi connectivity index (χ2n) is 11.1. The highest BCUT2D eigenvalue weighted by Gasteiger charge is 2.54. The Morgan fingerprint density at radius 1 is 1.30 bits per heavy atom. The zero-order chi connectivity index (χ0) is 29.3. The molecule has 218 valence electrons. The van der Waals surface area contributed by atoms with Gasteiger partial charge in [-0.15, -0.1) is 0 Å². The van der Waals surface area contributed by atoms with Crippen LogP contribution >= 0.6 is 6.64 Å². The normalized spacial score (nSPS) is 25.4. The van der Waals surface area contributed by atoms with E-state index < -0.39 is 42.7 Å². The fourth-order valence-corrected chi connectivity index (χ4v) is 6.50. The van der Waals surface area contributed by atoms with E-state index in [1.165, 1.54) is 24.0 Å². The molecule has 0 aliphatic carbocycles. The molecule has 0 amide bonds. The first-order valence-electron chi connectivity index (χ1n) is 12.8. The van der Waals surface area contributed by atoms with Crippen molar-refractivity contribution >= 4 is 41.3 Å². The van der Waals surface area contributed by atoms with Gasteiger partial charge in [0.25, 0.3) is 0 Å². The number of hydrogen-bond donors (Lipinski definition) is 4. The third kappa shape index (κ3) is 6.80. The molecule has 40 heavy (non-hydrogen) atoms. The Kier molecular flexibility index (Phi) is 8.86. The van der Waals surface area contributed by atoms with Crippen LogP contribution < -0.4 is 15.3 Å². The first-order chi connectivity index (χ1) is 18.7. The van der Waals surface area contributed by atoms with Crippen molar-refractivity contribution in [3.8, 4) is 5.75 Å². The van der Waals surface area contributed by atoms with Crippen LogP contribution in [0.5, 0.6) is 5.75 Å². The molecule has 0 saturated carbocycles. The largest absolute Gasteiger partial charge is 0.464 e. The number of para-hydroxylation sites is 1. The van der Waals surface area contributed by atoms with Gasteiger partial charge in [-0.1, -0.05) is 39.0 Å². The predicted octanol–water partition coefficient (Wildman–Crippen LogP) is 2.91. The molecule has 2 unspecified atom stereocenters. The molecule has 2 aromatic heterocycles. The quantitative estimate of drug-likeness (QED) is 0.201. The Hall–Kier alpha value is -2.64. The molecule has 1 aliphatic rings. The van der Waals surface area contributed by atoms with E-state index in [-0.39, 0.29) is 18.6 Å². The summed E-state index contributed by atoms with van der Waals surface area (Å²) in [5, 5.41) is 25.2. The lowest BCUT2D eigenvalue weighted by Crippen LogP contribution is -2.44. The van der Waals surface area contributed by atoms with E-state index in [9.17, 15) is 15.0 Å².